The van der Waals surface area contributed by atoms with E-state index in [1.165, 1.54) is 6.07 Å². The summed E-state index contributed by atoms with van der Waals surface area (Å²) in [6.07, 6.45) is 0.527. The second-order valence-electron chi connectivity index (χ2n) is 3.09. The predicted octanol–water partition coefficient (Wildman–Crippen LogP) is 4.12. The zero-order chi connectivity index (χ0) is 10.6. The van der Waals surface area contributed by atoms with Crippen LogP contribution in [0.15, 0.2) is 18.2 Å². The van der Waals surface area contributed by atoms with Gasteiger partial charge in [-0.3, -0.25) is 0 Å². The van der Waals surface area contributed by atoms with Crippen molar-refractivity contribution in [3.8, 4) is 0 Å². The van der Waals surface area contributed by atoms with Crippen LogP contribution in [0, 0.1) is 11.7 Å². The molecule has 1 aromatic carbocycles. The summed E-state index contributed by atoms with van der Waals surface area (Å²) in [5.74, 6) is 0.575. The van der Waals surface area contributed by atoms with Gasteiger partial charge >= 0.3 is 0 Å². The summed E-state index contributed by atoms with van der Waals surface area (Å²) in [5.41, 5.74) is 0.573. The third-order valence-corrected chi connectivity index (χ3v) is 3.14. The van der Waals surface area contributed by atoms with E-state index < -0.39 is 0 Å². The Balaban J connectivity index is 2.80. The van der Waals surface area contributed by atoms with Crippen LogP contribution in [0.25, 0.3) is 0 Å². The fourth-order valence-electron chi connectivity index (χ4n) is 1.17. The zero-order valence-electron chi connectivity index (χ0n) is 7.44. The van der Waals surface area contributed by atoms with Gasteiger partial charge in [0.25, 0.3) is 0 Å². The average molecular weight is 256 g/mol. The molecule has 0 atom stereocenters. The van der Waals surface area contributed by atoms with Crippen molar-refractivity contribution < 1.29 is 4.39 Å². The van der Waals surface area contributed by atoms with Gasteiger partial charge in [-0.1, -0.05) is 23.7 Å². The lowest BCUT2D eigenvalue weighted by atomic mass is 10.0. The van der Waals surface area contributed by atoms with Crippen molar-refractivity contribution in [1.29, 1.82) is 0 Å². The lowest BCUT2D eigenvalue weighted by Crippen LogP contribution is -2.09. The van der Waals surface area contributed by atoms with Crippen LogP contribution in [0.2, 0.25) is 5.02 Å². The molecule has 0 N–H and O–H groups in total. The minimum atomic E-state index is -0.366. The third kappa shape index (κ3) is 3.01. The van der Waals surface area contributed by atoms with Gasteiger partial charge in [-0.15, -0.1) is 23.2 Å². The average Bonchev–Trinajstić information content (AvgIpc) is 2.20. The Labute approximate surface area is 98.0 Å². The molecule has 0 spiro atoms. The molecule has 14 heavy (non-hydrogen) atoms. The van der Waals surface area contributed by atoms with E-state index in [0.29, 0.717) is 23.7 Å². The van der Waals surface area contributed by atoms with Crippen LogP contribution in [-0.2, 0) is 6.42 Å². The van der Waals surface area contributed by atoms with Crippen LogP contribution in [0.4, 0.5) is 4.39 Å². The first kappa shape index (κ1) is 12.1. The van der Waals surface area contributed by atoms with Crippen molar-refractivity contribution in [3.05, 3.63) is 34.6 Å². The molecule has 0 aliphatic rings. The van der Waals surface area contributed by atoms with Crippen molar-refractivity contribution in [2.75, 3.05) is 11.8 Å². The van der Waals surface area contributed by atoms with Gasteiger partial charge in [0.15, 0.2) is 0 Å². The van der Waals surface area contributed by atoms with Crippen molar-refractivity contribution >= 4 is 34.8 Å². The van der Waals surface area contributed by atoms with Crippen LogP contribution in [0.5, 0.6) is 0 Å². The Morgan fingerprint density at radius 1 is 1.21 bits per heavy atom. The maximum Gasteiger partial charge on any atom is 0.144 e. The van der Waals surface area contributed by atoms with Crippen molar-refractivity contribution in [2.45, 2.75) is 6.42 Å². The molecule has 0 nitrogen and oxygen atoms in total. The minimum Gasteiger partial charge on any atom is -0.205 e. The molecule has 0 aromatic heterocycles. The summed E-state index contributed by atoms with van der Waals surface area (Å²) >= 11 is 17.0. The van der Waals surface area contributed by atoms with Gasteiger partial charge in [0.2, 0.25) is 0 Å². The summed E-state index contributed by atoms with van der Waals surface area (Å²) in [4.78, 5) is 0. The Hall–Kier alpha value is 0.0200. The van der Waals surface area contributed by atoms with Crippen molar-refractivity contribution in [3.63, 3.8) is 0 Å². The fourth-order valence-corrected chi connectivity index (χ4v) is 1.91. The summed E-state index contributed by atoms with van der Waals surface area (Å²) in [6.45, 7) is 0. The van der Waals surface area contributed by atoms with E-state index in [1.54, 1.807) is 12.1 Å². The van der Waals surface area contributed by atoms with Crippen LogP contribution in [0.3, 0.4) is 0 Å². The second-order valence-corrected chi connectivity index (χ2v) is 4.12. The highest BCUT2D eigenvalue weighted by atomic mass is 35.5. The molecular formula is C10H10Cl3F. The van der Waals surface area contributed by atoms with Crippen LogP contribution < -0.4 is 0 Å². The molecule has 0 radical (unpaired) electrons. The lowest BCUT2D eigenvalue weighted by molar-refractivity contribution is 0.579. The molecule has 0 amide bonds. The molecule has 0 heterocycles. The first-order chi connectivity index (χ1) is 6.69. The van der Waals surface area contributed by atoms with Gasteiger partial charge in [-0.2, -0.15) is 0 Å². The Bertz CT molecular complexity index is 297. The normalized spacial score (nSPS) is 10.9. The van der Waals surface area contributed by atoms with E-state index in [4.69, 9.17) is 34.8 Å². The van der Waals surface area contributed by atoms with Crippen LogP contribution >= 0.6 is 34.8 Å². The molecule has 0 aliphatic carbocycles. The number of hydrogen-bond donors (Lipinski definition) is 0. The standard InChI is InChI=1S/C10H10Cl3F/c11-5-7(6-12)4-8-2-1-3-9(13)10(8)14/h1-3,7H,4-6H2. The fraction of sp³-hybridized carbons (Fsp3) is 0.400. The third-order valence-electron chi connectivity index (χ3n) is 1.98. The molecule has 4 heteroatoms. The molecule has 1 aromatic rings. The minimum absolute atomic E-state index is 0.0892. The SMILES string of the molecule is Fc1c(Cl)cccc1CC(CCl)CCl. The van der Waals surface area contributed by atoms with Crippen LogP contribution in [-0.4, -0.2) is 11.8 Å². The maximum absolute atomic E-state index is 13.4. The molecule has 0 aliphatic heterocycles. The molecule has 0 bridgehead atoms. The monoisotopic (exact) mass is 254 g/mol. The first-order valence-electron chi connectivity index (χ1n) is 4.23. The van der Waals surface area contributed by atoms with E-state index in [2.05, 4.69) is 0 Å². The quantitative estimate of drug-likeness (QED) is 0.710. The first-order valence-corrected chi connectivity index (χ1v) is 5.68. The van der Waals surface area contributed by atoms with Gasteiger partial charge < -0.3 is 0 Å². The van der Waals surface area contributed by atoms with E-state index >= 15 is 0 Å². The highest BCUT2D eigenvalue weighted by Gasteiger charge is 2.12. The van der Waals surface area contributed by atoms with Gasteiger partial charge in [-0.05, 0) is 24.0 Å². The number of halogens is 4. The van der Waals surface area contributed by atoms with Gasteiger partial charge in [0, 0.05) is 11.8 Å². The maximum atomic E-state index is 13.4. The van der Waals surface area contributed by atoms with E-state index in [-0.39, 0.29) is 16.8 Å². The summed E-state index contributed by atoms with van der Waals surface area (Å²) in [5, 5.41) is 0.144. The highest BCUT2D eigenvalue weighted by Crippen LogP contribution is 2.21. The number of alkyl halides is 2. The van der Waals surface area contributed by atoms with Gasteiger partial charge in [0.1, 0.15) is 5.82 Å². The van der Waals surface area contributed by atoms with E-state index in [1.807, 2.05) is 0 Å². The number of benzene rings is 1. The predicted molar refractivity (Wildman–Crippen MR) is 60.0 cm³/mol. The van der Waals surface area contributed by atoms with E-state index in [0.717, 1.165) is 0 Å². The Kier molecular flexibility index (Phi) is 5.00. The van der Waals surface area contributed by atoms with Crippen LogP contribution in [0.1, 0.15) is 5.56 Å². The van der Waals surface area contributed by atoms with Crippen molar-refractivity contribution in [2.24, 2.45) is 5.92 Å². The topological polar surface area (TPSA) is 0 Å². The molecule has 0 saturated carbocycles. The van der Waals surface area contributed by atoms with E-state index in [9.17, 15) is 4.39 Å². The summed E-state index contributed by atoms with van der Waals surface area (Å²) in [6, 6.07) is 4.95. The largest absolute Gasteiger partial charge is 0.205 e. The van der Waals surface area contributed by atoms with Gasteiger partial charge in [0.05, 0.1) is 5.02 Å². The molecule has 0 saturated heterocycles. The summed E-state index contributed by atoms with van der Waals surface area (Å²) in [7, 11) is 0. The highest BCUT2D eigenvalue weighted by molar-refractivity contribution is 6.30. The molecule has 78 valence electrons. The Morgan fingerprint density at radius 2 is 1.86 bits per heavy atom. The second kappa shape index (κ2) is 5.79. The molecule has 0 unspecified atom stereocenters. The van der Waals surface area contributed by atoms with Gasteiger partial charge in [-0.25, -0.2) is 4.39 Å². The number of rotatable bonds is 4. The molecule has 0 fully saturated rings. The van der Waals surface area contributed by atoms with Crippen molar-refractivity contribution in [1.82, 2.24) is 0 Å². The number of hydrogen-bond acceptors (Lipinski definition) is 0. The lowest BCUT2D eigenvalue weighted by Gasteiger charge is -2.10. The molecule has 1 rings (SSSR count). The Morgan fingerprint density at radius 3 is 2.43 bits per heavy atom. The zero-order valence-corrected chi connectivity index (χ0v) is 9.71. The summed E-state index contributed by atoms with van der Waals surface area (Å²) < 4.78 is 13.4. The smallest absolute Gasteiger partial charge is 0.144 e. The molecular weight excluding hydrogens is 245 g/mol.